The highest BCUT2D eigenvalue weighted by Gasteiger charge is 2.17. The molecule has 21 heavy (non-hydrogen) atoms. The third-order valence-corrected chi connectivity index (χ3v) is 4.11. The number of sulfonamides is 1. The summed E-state index contributed by atoms with van der Waals surface area (Å²) in [5.41, 5.74) is 5.74. The van der Waals surface area contributed by atoms with Crippen LogP contribution in [0.3, 0.4) is 0 Å². The van der Waals surface area contributed by atoms with Gasteiger partial charge in [-0.15, -0.1) is 0 Å². The Balaban J connectivity index is 1.79. The second-order valence-electron chi connectivity index (χ2n) is 4.31. The molecular weight excluding hydrogens is 290 g/mol. The molecule has 0 atom stereocenters. The average molecular weight is 307 g/mol. The molecule has 0 unspecified atom stereocenters. The molecule has 0 aliphatic rings. The molecule has 2 rings (SSSR count). The molecule has 0 amide bonds. The SMILES string of the molecule is Nc1cccnc1S(=O)(=O)NCCCOc1ccccc1. The number of anilines is 1. The van der Waals surface area contributed by atoms with Gasteiger partial charge < -0.3 is 10.5 Å². The Hall–Kier alpha value is -2.12. The number of nitrogens with two attached hydrogens (primary N) is 1. The number of nitrogens with zero attached hydrogens (tertiary/aromatic N) is 1. The summed E-state index contributed by atoms with van der Waals surface area (Å²) in [7, 11) is -3.68. The first kappa shape index (κ1) is 15.3. The van der Waals surface area contributed by atoms with Crippen LogP contribution in [-0.2, 0) is 10.0 Å². The van der Waals surface area contributed by atoms with Crippen LogP contribution in [0.25, 0.3) is 0 Å². The minimum atomic E-state index is -3.68. The van der Waals surface area contributed by atoms with Crippen molar-refractivity contribution in [3.05, 3.63) is 48.7 Å². The summed E-state index contributed by atoms with van der Waals surface area (Å²) in [4.78, 5) is 3.79. The summed E-state index contributed by atoms with van der Waals surface area (Å²) < 4.78 is 31.9. The van der Waals surface area contributed by atoms with Gasteiger partial charge in [-0.25, -0.2) is 18.1 Å². The maximum atomic E-state index is 12.0. The Labute approximate surface area is 124 Å². The van der Waals surface area contributed by atoms with E-state index >= 15 is 0 Å². The standard InChI is InChI=1S/C14H17N3O3S/c15-13-8-4-9-16-14(13)21(18,19)17-10-5-11-20-12-6-2-1-3-7-12/h1-4,6-9,17H,5,10-11,15H2. The van der Waals surface area contributed by atoms with E-state index < -0.39 is 10.0 Å². The van der Waals surface area contributed by atoms with E-state index in [1.165, 1.54) is 12.3 Å². The molecule has 1 heterocycles. The van der Waals surface area contributed by atoms with Gasteiger partial charge in [0.15, 0.2) is 5.03 Å². The smallest absolute Gasteiger partial charge is 0.260 e. The van der Waals surface area contributed by atoms with Gasteiger partial charge in [-0.2, -0.15) is 0 Å². The number of hydrogen-bond acceptors (Lipinski definition) is 5. The van der Waals surface area contributed by atoms with Gasteiger partial charge in [0.2, 0.25) is 0 Å². The Morgan fingerprint density at radius 2 is 1.90 bits per heavy atom. The zero-order chi connectivity index (χ0) is 15.1. The second kappa shape index (κ2) is 7.05. The van der Waals surface area contributed by atoms with Crippen LogP contribution in [0.1, 0.15) is 6.42 Å². The van der Waals surface area contributed by atoms with Gasteiger partial charge in [-0.1, -0.05) is 18.2 Å². The van der Waals surface area contributed by atoms with Gasteiger partial charge in [0.05, 0.1) is 12.3 Å². The Morgan fingerprint density at radius 1 is 1.14 bits per heavy atom. The molecule has 1 aromatic carbocycles. The van der Waals surface area contributed by atoms with Crippen molar-refractivity contribution in [2.24, 2.45) is 0 Å². The molecule has 7 heteroatoms. The van der Waals surface area contributed by atoms with E-state index in [1.807, 2.05) is 30.3 Å². The Bertz CT molecular complexity index is 675. The maximum absolute atomic E-state index is 12.0. The predicted octanol–water partition coefficient (Wildman–Crippen LogP) is 1.41. The van der Waals surface area contributed by atoms with Crippen molar-refractivity contribution in [2.75, 3.05) is 18.9 Å². The zero-order valence-corrected chi connectivity index (χ0v) is 12.2. The summed E-state index contributed by atoms with van der Waals surface area (Å²) >= 11 is 0. The third kappa shape index (κ3) is 4.44. The summed E-state index contributed by atoms with van der Waals surface area (Å²) in [6, 6.07) is 12.4. The van der Waals surface area contributed by atoms with Crippen molar-refractivity contribution >= 4 is 15.7 Å². The second-order valence-corrected chi connectivity index (χ2v) is 5.99. The third-order valence-electron chi connectivity index (χ3n) is 2.68. The van der Waals surface area contributed by atoms with E-state index in [-0.39, 0.29) is 17.3 Å². The average Bonchev–Trinajstić information content (AvgIpc) is 2.48. The van der Waals surface area contributed by atoms with Crippen molar-refractivity contribution in [3.8, 4) is 5.75 Å². The Kier molecular flexibility index (Phi) is 5.13. The van der Waals surface area contributed by atoms with Crippen molar-refractivity contribution < 1.29 is 13.2 Å². The first-order chi connectivity index (χ1) is 10.1. The number of rotatable bonds is 7. The minimum absolute atomic E-state index is 0.130. The molecule has 3 N–H and O–H groups in total. The van der Waals surface area contributed by atoms with Gasteiger partial charge in [0.1, 0.15) is 5.75 Å². The van der Waals surface area contributed by atoms with E-state index in [4.69, 9.17) is 10.5 Å². The molecule has 0 spiro atoms. The maximum Gasteiger partial charge on any atom is 0.260 e. The van der Waals surface area contributed by atoms with E-state index in [0.29, 0.717) is 13.0 Å². The van der Waals surface area contributed by atoms with Gasteiger partial charge in [-0.3, -0.25) is 0 Å². The van der Waals surface area contributed by atoms with Crippen LogP contribution in [0.5, 0.6) is 5.75 Å². The molecule has 0 saturated carbocycles. The molecule has 0 bridgehead atoms. The van der Waals surface area contributed by atoms with Gasteiger partial charge >= 0.3 is 0 Å². The topological polar surface area (TPSA) is 94.3 Å². The van der Waals surface area contributed by atoms with Crippen molar-refractivity contribution in [1.82, 2.24) is 9.71 Å². The lowest BCUT2D eigenvalue weighted by atomic mass is 10.3. The van der Waals surface area contributed by atoms with E-state index in [9.17, 15) is 8.42 Å². The number of aromatic nitrogens is 1. The Morgan fingerprint density at radius 3 is 2.62 bits per heavy atom. The molecule has 0 aliphatic carbocycles. The number of nitrogens with one attached hydrogen (secondary N) is 1. The summed E-state index contributed by atoms with van der Waals surface area (Å²) in [5.74, 6) is 0.759. The van der Waals surface area contributed by atoms with E-state index in [0.717, 1.165) is 5.75 Å². The molecular formula is C14H17N3O3S. The molecule has 6 nitrogen and oxygen atoms in total. The van der Waals surface area contributed by atoms with Crippen LogP contribution >= 0.6 is 0 Å². The molecule has 0 fully saturated rings. The van der Waals surface area contributed by atoms with E-state index in [1.54, 1.807) is 6.07 Å². The molecule has 0 aliphatic heterocycles. The first-order valence-electron chi connectivity index (χ1n) is 6.47. The fourth-order valence-electron chi connectivity index (χ4n) is 1.68. The number of para-hydroxylation sites is 1. The first-order valence-corrected chi connectivity index (χ1v) is 7.96. The fraction of sp³-hybridized carbons (Fsp3) is 0.214. The largest absolute Gasteiger partial charge is 0.494 e. The highest BCUT2D eigenvalue weighted by atomic mass is 32.2. The van der Waals surface area contributed by atoms with Gasteiger partial charge in [0, 0.05) is 12.7 Å². The highest BCUT2D eigenvalue weighted by Crippen LogP contribution is 2.13. The van der Waals surface area contributed by atoms with Crippen LogP contribution in [0.15, 0.2) is 53.7 Å². The van der Waals surface area contributed by atoms with Crippen LogP contribution in [0.4, 0.5) is 5.69 Å². The van der Waals surface area contributed by atoms with Crippen molar-refractivity contribution in [2.45, 2.75) is 11.4 Å². The fourth-order valence-corrected chi connectivity index (χ4v) is 2.81. The van der Waals surface area contributed by atoms with Crippen molar-refractivity contribution in [1.29, 1.82) is 0 Å². The van der Waals surface area contributed by atoms with Crippen LogP contribution < -0.4 is 15.2 Å². The van der Waals surface area contributed by atoms with Crippen molar-refractivity contribution in [3.63, 3.8) is 0 Å². The summed E-state index contributed by atoms with van der Waals surface area (Å²) in [6.45, 7) is 0.676. The van der Waals surface area contributed by atoms with Crippen LogP contribution in [0, 0.1) is 0 Å². The predicted molar refractivity (Wildman–Crippen MR) is 80.4 cm³/mol. The zero-order valence-electron chi connectivity index (χ0n) is 11.4. The molecule has 2 aromatic rings. The van der Waals surface area contributed by atoms with Crippen LogP contribution in [-0.4, -0.2) is 26.6 Å². The lowest BCUT2D eigenvalue weighted by molar-refractivity contribution is 0.311. The van der Waals surface area contributed by atoms with Crippen LogP contribution in [0.2, 0.25) is 0 Å². The lowest BCUT2D eigenvalue weighted by Crippen LogP contribution is -2.27. The van der Waals surface area contributed by atoms with Gasteiger partial charge in [-0.05, 0) is 30.7 Å². The number of nitrogen functional groups attached to an aromatic ring is 1. The highest BCUT2D eigenvalue weighted by molar-refractivity contribution is 7.89. The molecule has 1 aromatic heterocycles. The molecule has 0 radical (unpaired) electrons. The summed E-state index contributed by atoms with van der Waals surface area (Å²) in [5, 5.41) is -0.144. The number of ether oxygens (including phenoxy) is 1. The van der Waals surface area contributed by atoms with E-state index in [2.05, 4.69) is 9.71 Å². The molecule has 112 valence electrons. The van der Waals surface area contributed by atoms with Gasteiger partial charge in [0.25, 0.3) is 10.0 Å². The normalized spacial score (nSPS) is 11.2. The summed E-state index contributed by atoms with van der Waals surface area (Å²) in [6.07, 6.45) is 1.93. The number of hydrogen-bond donors (Lipinski definition) is 2. The quantitative estimate of drug-likeness (QED) is 0.754. The minimum Gasteiger partial charge on any atom is -0.494 e. The monoisotopic (exact) mass is 307 g/mol. The molecule has 0 saturated heterocycles. The number of pyridine rings is 1. The lowest BCUT2D eigenvalue weighted by Gasteiger charge is -2.08. The number of benzene rings is 1.